The van der Waals surface area contributed by atoms with Crippen LogP contribution in [0, 0.1) is 5.92 Å². The predicted octanol–water partition coefficient (Wildman–Crippen LogP) is 0.800. The van der Waals surface area contributed by atoms with E-state index in [2.05, 4.69) is 5.32 Å². The largest absolute Gasteiger partial charge is 0.314 e. The summed E-state index contributed by atoms with van der Waals surface area (Å²) < 4.78 is 24.6. The quantitative estimate of drug-likeness (QED) is 0.801. The van der Waals surface area contributed by atoms with E-state index >= 15 is 0 Å². The highest BCUT2D eigenvalue weighted by Gasteiger charge is 2.28. The minimum absolute atomic E-state index is 0.555. The highest BCUT2D eigenvalue weighted by Crippen LogP contribution is 2.24. The molecule has 2 atom stereocenters. The van der Waals surface area contributed by atoms with Gasteiger partial charge in [-0.25, -0.2) is 12.7 Å². The second-order valence-corrected chi connectivity index (χ2v) is 7.14. The summed E-state index contributed by atoms with van der Waals surface area (Å²) in [6.07, 6.45) is 7.20. The van der Waals surface area contributed by atoms with Crippen LogP contribution in [0.15, 0.2) is 0 Å². The van der Waals surface area contributed by atoms with Gasteiger partial charge in [-0.1, -0.05) is 0 Å². The van der Waals surface area contributed by atoms with E-state index in [0.717, 1.165) is 25.9 Å². The second kappa shape index (κ2) is 5.02. The van der Waals surface area contributed by atoms with E-state index in [1.54, 1.807) is 4.31 Å². The lowest BCUT2D eigenvalue weighted by atomic mass is 9.92. The number of sulfonamides is 1. The van der Waals surface area contributed by atoms with Crippen molar-refractivity contribution in [3.63, 3.8) is 0 Å². The topological polar surface area (TPSA) is 49.4 Å². The van der Waals surface area contributed by atoms with Crippen molar-refractivity contribution in [3.8, 4) is 0 Å². The van der Waals surface area contributed by atoms with Crippen molar-refractivity contribution < 1.29 is 8.42 Å². The van der Waals surface area contributed by atoms with Crippen LogP contribution >= 0.6 is 0 Å². The SMILES string of the molecule is CS(=O)(=O)N1CCCC(CC2CCCN2)C1. The van der Waals surface area contributed by atoms with E-state index in [1.807, 2.05) is 0 Å². The molecule has 0 aromatic carbocycles. The molecule has 2 unspecified atom stereocenters. The summed E-state index contributed by atoms with van der Waals surface area (Å²) in [5, 5.41) is 3.49. The average molecular weight is 246 g/mol. The zero-order valence-electron chi connectivity index (χ0n) is 9.98. The van der Waals surface area contributed by atoms with E-state index in [9.17, 15) is 8.42 Å². The van der Waals surface area contributed by atoms with Crippen molar-refractivity contribution in [2.24, 2.45) is 5.92 Å². The zero-order chi connectivity index (χ0) is 11.6. The molecule has 2 aliphatic rings. The Balaban J connectivity index is 1.86. The van der Waals surface area contributed by atoms with Gasteiger partial charge in [-0.3, -0.25) is 0 Å². The number of hydrogen-bond acceptors (Lipinski definition) is 3. The van der Waals surface area contributed by atoms with Crippen LogP contribution in [0.5, 0.6) is 0 Å². The van der Waals surface area contributed by atoms with Gasteiger partial charge in [0, 0.05) is 19.1 Å². The summed E-state index contributed by atoms with van der Waals surface area (Å²) in [6.45, 7) is 2.58. The van der Waals surface area contributed by atoms with Gasteiger partial charge in [0.2, 0.25) is 10.0 Å². The van der Waals surface area contributed by atoms with Crippen LogP contribution in [-0.2, 0) is 10.0 Å². The molecule has 2 saturated heterocycles. The third-order valence-electron chi connectivity index (χ3n) is 3.73. The Bertz CT molecular complexity index is 323. The number of rotatable bonds is 3. The predicted molar refractivity (Wildman–Crippen MR) is 64.8 cm³/mol. The zero-order valence-corrected chi connectivity index (χ0v) is 10.8. The van der Waals surface area contributed by atoms with Crippen LogP contribution in [-0.4, -0.2) is 44.7 Å². The van der Waals surface area contributed by atoms with Crippen LogP contribution in [0.25, 0.3) is 0 Å². The van der Waals surface area contributed by atoms with E-state index in [0.29, 0.717) is 18.5 Å². The maximum Gasteiger partial charge on any atom is 0.211 e. The minimum Gasteiger partial charge on any atom is -0.314 e. The van der Waals surface area contributed by atoms with Crippen LogP contribution in [0.2, 0.25) is 0 Å². The van der Waals surface area contributed by atoms with Gasteiger partial charge in [-0.15, -0.1) is 0 Å². The Labute approximate surface area is 98.4 Å². The molecule has 2 aliphatic heterocycles. The molecular weight excluding hydrogens is 224 g/mol. The lowest BCUT2D eigenvalue weighted by molar-refractivity contribution is 0.242. The molecule has 0 bridgehead atoms. The molecule has 0 aromatic rings. The second-order valence-electron chi connectivity index (χ2n) is 5.16. The van der Waals surface area contributed by atoms with Gasteiger partial charge in [-0.05, 0) is 44.6 Å². The molecule has 94 valence electrons. The van der Waals surface area contributed by atoms with E-state index < -0.39 is 10.0 Å². The van der Waals surface area contributed by atoms with Crippen molar-refractivity contribution in [1.82, 2.24) is 9.62 Å². The van der Waals surface area contributed by atoms with E-state index in [1.165, 1.54) is 25.5 Å². The summed E-state index contributed by atoms with van der Waals surface area (Å²) >= 11 is 0. The standard InChI is InChI=1S/C11H22N2O2S/c1-16(14,15)13-7-3-4-10(9-13)8-11-5-2-6-12-11/h10-12H,2-9H2,1H3. The van der Waals surface area contributed by atoms with Crippen LogP contribution in [0.1, 0.15) is 32.1 Å². The van der Waals surface area contributed by atoms with Gasteiger partial charge in [0.15, 0.2) is 0 Å². The molecule has 2 heterocycles. The molecule has 2 rings (SSSR count). The van der Waals surface area contributed by atoms with Crippen molar-refractivity contribution in [3.05, 3.63) is 0 Å². The van der Waals surface area contributed by atoms with Crippen molar-refractivity contribution in [1.29, 1.82) is 0 Å². The number of nitrogens with zero attached hydrogens (tertiary/aromatic N) is 1. The van der Waals surface area contributed by atoms with Gasteiger partial charge < -0.3 is 5.32 Å². The first-order valence-electron chi connectivity index (χ1n) is 6.24. The molecule has 0 spiro atoms. The van der Waals surface area contributed by atoms with Gasteiger partial charge in [-0.2, -0.15) is 0 Å². The maximum atomic E-state index is 11.5. The summed E-state index contributed by atoms with van der Waals surface area (Å²) in [4.78, 5) is 0. The Morgan fingerprint density at radius 2 is 2.12 bits per heavy atom. The van der Waals surface area contributed by atoms with Crippen LogP contribution in [0.4, 0.5) is 0 Å². The Morgan fingerprint density at radius 1 is 1.31 bits per heavy atom. The Morgan fingerprint density at radius 3 is 2.75 bits per heavy atom. The molecule has 2 fully saturated rings. The summed E-state index contributed by atoms with van der Waals surface area (Å²) in [6, 6.07) is 0.629. The third-order valence-corrected chi connectivity index (χ3v) is 5.00. The molecule has 4 nitrogen and oxygen atoms in total. The molecule has 16 heavy (non-hydrogen) atoms. The van der Waals surface area contributed by atoms with Gasteiger partial charge >= 0.3 is 0 Å². The first-order chi connectivity index (χ1) is 7.55. The highest BCUT2D eigenvalue weighted by molar-refractivity contribution is 7.88. The Kier molecular flexibility index (Phi) is 3.87. The summed E-state index contributed by atoms with van der Waals surface area (Å²) in [5.74, 6) is 0.555. The van der Waals surface area contributed by atoms with Gasteiger partial charge in [0.1, 0.15) is 0 Å². The molecule has 1 N–H and O–H groups in total. The normalized spacial score (nSPS) is 33.1. The van der Waals surface area contributed by atoms with Gasteiger partial charge in [0.05, 0.1) is 6.26 Å². The van der Waals surface area contributed by atoms with Crippen molar-refractivity contribution >= 4 is 10.0 Å². The number of piperidine rings is 1. The van der Waals surface area contributed by atoms with E-state index in [4.69, 9.17) is 0 Å². The summed E-state index contributed by atoms with van der Waals surface area (Å²) in [5.41, 5.74) is 0. The van der Waals surface area contributed by atoms with E-state index in [-0.39, 0.29) is 0 Å². The van der Waals surface area contributed by atoms with Crippen molar-refractivity contribution in [2.45, 2.75) is 38.1 Å². The first kappa shape index (κ1) is 12.3. The molecule has 5 heteroatoms. The maximum absolute atomic E-state index is 11.5. The molecular formula is C11H22N2O2S. The molecule has 0 aliphatic carbocycles. The first-order valence-corrected chi connectivity index (χ1v) is 8.09. The fourth-order valence-electron chi connectivity index (χ4n) is 2.88. The highest BCUT2D eigenvalue weighted by atomic mass is 32.2. The monoisotopic (exact) mass is 246 g/mol. The fraction of sp³-hybridized carbons (Fsp3) is 1.00. The fourth-order valence-corrected chi connectivity index (χ4v) is 3.82. The Hall–Kier alpha value is -0.130. The van der Waals surface area contributed by atoms with Gasteiger partial charge in [0.25, 0.3) is 0 Å². The summed E-state index contributed by atoms with van der Waals surface area (Å²) in [7, 11) is -2.98. The molecule has 0 aromatic heterocycles. The average Bonchev–Trinajstić information content (AvgIpc) is 2.70. The van der Waals surface area contributed by atoms with Crippen LogP contribution < -0.4 is 5.32 Å². The third kappa shape index (κ3) is 3.18. The smallest absolute Gasteiger partial charge is 0.211 e. The van der Waals surface area contributed by atoms with Crippen LogP contribution in [0.3, 0.4) is 0 Å². The minimum atomic E-state index is -2.98. The molecule has 0 saturated carbocycles. The lowest BCUT2D eigenvalue weighted by Crippen LogP contribution is -2.40. The number of nitrogens with one attached hydrogen (secondary N) is 1. The molecule has 0 radical (unpaired) electrons. The van der Waals surface area contributed by atoms with Crippen molar-refractivity contribution in [2.75, 3.05) is 25.9 Å². The molecule has 0 amide bonds. The number of hydrogen-bond donors (Lipinski definition) is 1. The lowest BCUT2D eigenvalue weighted by Gasteiger charge is -2.32.